The van der Waals surface area contributed by atoms with Crippen LogP contribution in [0.2, 0.25) is 0 Å². The monoisotopic (exact) mass is 337 g/mol. The van der Waals surface area contributed by atoms with Crippen LogP contribution in [-0.4, -0.2) is 28.0 Å². The molecule has 106 valence electrons. The first-order valence-corrected chi connectivity index (χ1v) is 7.12. The molecule has 0 spiro atoms. The van der Waals surface area contributed by atoms with Crippen LogP contribution in [0.4, 0.5) is 11.9 Å². The molecule has 0 saturated carbocycles. The number of halogens is 1. The summed E-state index contributed by atoms with van der Waals surface area (Å²) in [6.07, 6.45) is 0. The van der Waals surface area contributed by atoms with Gasteiger partial charge in [0.25, 0.3) is 0 Å². The first-order valence-electron chi connectivity index (χ1n) is 6.33. The maximum atomic E-state index is 5.72. The fraction of sp³-hybridized carbons (Fsp3) is 0.308. The SMILES string of the molecule is CCN(CC)c1nc(N)nc(Oc2ccccc2Br)n1. The summed E-state index contributed by atoms with van der Waals surface area (Å²) < 4.78 is 6.48. The zero-order valence-electron chi connectivity index (χ0n) is 11.4. The van der Waals surface area contributed by atoms with Gasteiger partial charge in [0.15, 0.2) is 0 Å². The van der Waals surface area contributed by atoms with Crippen molar-refractivity contribution in [3.05, 3.63) is 28.7 Å². The fourth-order valence-electron chi connectivity index (χ4n) is 1.68. The molecule has 0 aliphatic carbocycles. The van der Waals surface area contributed by atoms with Crippen LogP contribution >= 0.6 is 15.9 Å². The summed E-state index contributed by atoms with van der Waals surface area (Å²) in [5.74, 6) is 1.29. The maximum Gasteiger partial charge on any atom is 0.328 e. The number of benzene rings is 1. The Bertz CT molecular complexity index is 589. The highest BCUT2D eigenvalue weighted by Crippen LogP contribution is 2.28. The number of nitrogens with zero attached hydrogens (tertiary/aromatic N) is 4. The first kappa shape index (κ1) is 14.5. The van der Waals surface area contributed by atoms with Gasteiger partial charge < -0.3 is 15.4 Å². The molecule has 0 unspecified atom stereocenters. The molecular weight excluding hydrogens is 322 g/mol. The Morgan fingerprint density at radius 3 is 2.50 bits per heavy atom. The van der Waals surface area contributed by atoms with E-state index in [1.807, 2.05) is 43.0 Å². The molecule has 1 aromatic carbocycles. The summed E-state index contributed by atoms with van der Waals surface area (Å²) >= 11 is 3.41. The van der Waals surface area contributed by atoms with Crippen LogP contribution in [-0.2, 0) is 0 Å². The molecule has 2 aromatic rings. The summed E-state index contributed by atoms with van der Waals surface area (Å²) in [4.78, 5) is 14.4. The number of rotatable bonds is 5. The normalized spacial score (nSPS) is 10.3. The quantitative estimate of drug-likeness (QED) is 0.903. The Labute approximate surface area is 126 Å². The molecular formula is C13H16BrN5O. The van der Waals surface area contributed by atoms with E-state index in [0.717, 1.165) is 17.6 Å². The Morgan fingerprint density at radius 1 is 1.15 bits per heavy atom. The third kappa shape index (κ3) is 3.36. The lowest BCUT2D eigenvalue weighted by atomic mass is 10.3. The van der Waals surface area contributed by atoms with Gasteiger partial charge in [-0.1, -0.05) is 12.1 Å². The number of para-hydroxylation sites is 1. The van der Waals surface area contributed by atoms with Gasteiger partial charge in [-0.15, -0.1) is 0 Å². The molecule has 0 atom stereocenters. The molecule has 0 aliphatic rings. The lowest BCUT2D eigenvalue weighted by Crippen LogP contribution is -2.25. The summed E-state index contributed by atoms with van der Waals surface area (Å²) in [6.45, 7) is 5.62. The minimum atomic E-state index is 0.143. The van der Waals surface area contributed by atoms with Crippen molar-refractivity contribution in [2.24, 2.45) is 0 Å². The highest BCUT2D eigenvalue weighted by Gasteiger charge is 2.12. The smallest absolute Gasteiger partial charge is 0.328 e. The number of aromatic nitrogens is 3. The van der Waals surface area contributed by atoms with E-state index >= 15 is 0 Å². The molecule has 0 fully saturated rings. The van der Waals surface area contributed by atoms with Crippen LogP contribution in [0, 0.1) is 0 Å². The van der Waals surface area contributed by atoms with Crippen molar-refractivity contribution in [1.29, 1.82) is 0 Å². The number of hydrogen-bond acceptors (Lipinski definition) is 6. The van der Waals surface area contributed by atoms with Crippen molar-refractivity contribution < 1.29 is 4.74 Å². The van der Waals surface area contributed by atoms with E-state index in [0.29, 0.717) is 11.7 Å². The third-order valence-corrected chi connectivity index (χ3v) is 3.36. The molecule has 20 heavy (non-hydrogen) atoms. The van der Waals surface area contributed by atoms with Crippen molar-refractivity contribution in [1.82, 2.24) is 15.0 Å². The van der Waals surface area contributed by atoms with E-state index in [4.69, 9.17) is 10.5 Å². The van der Waals surface area contributed by atoms with Crippen molar-refractivity contribution in [3.8, 4) is 11.8 Å². The topological polar surface area (TPSA) is 77.2 Å². The number of nitrogen functional groups attached to an aromatic ring is 1. The zero-order valence-corrected chi connectivity index (χ0v) is 13.0. The zero-order chi connectivity index (χ0) is 14.5. The second kappa shape index (κ2) is 6.51. The average Bonchev–Trinajstić information content (AvgIpc) is 2.42. The fourth-order valence-corrected chi connectivity index (χ4v) is 2.05. The molecule has 2 rings (SSSR count). The molecule has 0 radical (unpaired) electrons. The maximum absolute atomic E-state index is 5.72. The highest BCUT2D eigenvalue weighted by molar-refractivity contribution is 9.10. The van der Waals surface area contributed by atoms with Crippen LogP contribution in [0.25, 0.3) is 0 Å². The minimum absolute atomic E-state index is 0.143. The van der Waals surface area contributed by atoms with Crippen molar-refractivity contribution in [2.75, 3.05) is 23.7 Å². The largest absolute Gasteiger partial charge is 0.423 e. The van der Waals surface area contributed by atoms with Crippen LogP contribution in [0.1, 0.15) is 13.8 Å². The first-order chi connectivity index (χ1) is 9.63. The van der Waals surface area contributed by atoms with Gasteiger partial charge in [0.1, 0.15) is 5.75 Å². The number of anilines is 2. The number of ether oxygens (including phenoxy) is 1. The number of nitrogens with two attached hydrogens (primary N) is 1. The van der Waals surface area contributed by atoms with E-state index in [9.17, 15) is 0 Å². The van der Waals surface area contributed by atoms with Crippen LogP contribution < -0.4 is 15.4 Å². The summed E-state index contributed by atoms with van der Waals surface area (Å²) in [5, 5.41) is 0. The molecule has 1 heterocycles. The predicted octanol–water partition coefficient (Wildman–Crippen LogP) is 2.85. The van der Waals surface area contributed by atoms with Gasteiger partial charge >= 0.3 is 6.01 Å². The minimum Gasteiger partial charge on any atom is -0.423 e. The average molecular weight is 338 g/mol. The van der Waals surface area contributed by atoms with Crippen molar-refractivity contribution >= 4 is 27.8 Å². The van der Waals surface area contributed by atoms with Gasteiger partial charge in [0.05, 0.1) is 4.47 Å². The third-order valence-electron chi connectivity index (χ3n) is 2.70. The van der Waals surface area contributed by atoms with E-state index in [1.165, 1.54) is 0 Å². The van der Waals surface area contributed by atoms with E-state index < -0.39 is 0 Å². The lowest BCUT2D eigenvalue weighted by Gasteiger charge is -2.18. The van der Waals surface area contributed by atoms with Gasteiger partial charge in [-0.25, -0.2) is 0 Å². The van der Waals surface area contributed by atoms with Gasteiger partial charge in [0, 0.05) is 13.1 Å². The van der Waals surface area contributed by atoms with Gasteiger partial charge in [-0.3, -0.25) is 0 Å². The second-order valence-electron chi connectivity index (χ2n) is 3.98. The summed E-state index contributed by atoms with van der Waals surface area (Å²) in [7, 11) is 0. The van der Waals surface area contributed by atoms with Crippen LogP contribution in [0.3, 0.4) is 0 Å². The molecule has 0 bridgehead atoms. The predicted molar refractivity (Wildman–Crippen MR) is 82.0 cm³/mol. The standard InChI is InChI=1S/C13H16BrN5O/c1-3-19(4-2)12-16-11(15)17-13(18-12)20-10-8-6-5-7-9(10)14/h5-8H,3-4H2,1-2H3,(H2,15,16,17,18). The lowest BCUT2D eigenvalue weighted by molar-refractivity contribution is 0.438. The highest BCUT2D eigenvalue weighted by atomic mass is 79.9. The number of hydrogen-bond donors (Lipinski definition) is 1. The molecule has 1 aromatic heterocycles. The second-order valence-corrected chi connectivity index (χ2v) is 4.84. The van der Waals surface area contributed by atoms with Crippen molar-refractivity contribution in [3.63, 3.8) is 0 Å². The van der Waals surface area contributed by atoms with E-state index in [1.54, 1.807) is 0 Å². The van der Waals surface area contributed by atoms with E-state index in [-0.39, 0.29) is 12.0 Å². The molecule has 7 heteroatoms. The van der Waals surface area contributed by atoms with Crippen LogP contribution in [0.5, 0.6) is 11.8 Å². The molecule has 6 nitrogen and oxygen atoms in total. The van der Waals surface area contributed by atoms with Gasteiger partial charge in [-0.2, -0.15) is 15.0 Å². The summed E-state index contributed by atoms with van der Waals surface area (Å²) in [5.41, 5.74) is 5.72. The van der Waals surface area contributed by atoms with Gasteiger partial charge in [0.2, 0.25) is 11.9 Å². The van der Waals surface area contributed by atoms with Crippen molar-refractivity contribution in [2.45, 2.75) is 13.8 Å². The van der Waals surface area contributed by atoms with Gasteiger partial charge in [-0.05, 0) is 41.9 Å². The Kier molecular flexibility index (Phi) is 4.73. The Morgan fingerprint density at radius 2 is 1.85 bits per heavy atom. The molecule has 0 amide bonds. The molecule has 0 saturated heterocycles. The Hall–Kier alpha value is -1.89. The van der Waals surface area contributed by atoms with Crippen LogP contribution in [0.15, 0.2) is 28.7 Å². The Balaban J connectivity index is 2.31. The molecule has 0 aliphatic heterocycles. The summed E-state index contributed by atoms with van der Waals surface area (Å²) in [6, 6.07) is 7.66. The molecule has 2 N–H and O–H groups in total. The van der Waals surface area contributed by atoms with E-state index in [2.05, 4.69) is 30.9 Å².